The predicted octanol–water partition coefficient (Wildman–Crippen LogP) is 2.89. The summed E-state index contributed by atoms with van der Waals surface area (Å²) in [4.78, 5) is 33.6. The third-order valence-corrected chi connectivity index (χ3v) is 6.73. The van der Waals surface area contributed by atoms with Crippen LogP contribution in [0.5, 0.6) is 0 Å². The Balaban J connectivity index is 1.30. The Kier molecular flexibility index (Phi) is 7.25. The summed E-state index contributed by atoms with van der Waals surface area (Å²) in [6.45, 7) is 5.05. The number of rotatable bonds is 4. The van der Waals surface area contributed by atoms with Crippen LogP contribution in [0.3, 0.4) is 0 Å². The average molecular weight is 526 g/mol. The summed E-state index contributed by atoms with van der Waals surface area (Å²) in [6.07, 6.45) is 3.24. The number of piperazine rings is 1. The highest BCUT2D eigenvalue weighted by Gasteiger charge is 2.19. The van der Waals surface area contributed by atoms with Crippen molar-refractivity contribution in [2.75, 3.05) is 44.3 Å². The lowest BCUT2D eigenvalue weighted by atomic mass is 10.0. The zero-order valence-electron chi connectivity index (χ0n) is 21.7. The molecule has 5 rings (SSSR count). The lowest BCUT2D eigenvalue weighted by Gasteiger charge is -2.32. The van der Waals surface area contributed by atoms with Gasteiger partial charge in [-0.1, -0.05) is 17.9 Å². The molecule has 2 aromatic heterocycles. The van der Waals surface area contributed by atoms with E-state index in [2.05, 4.69) is 32.1 Å². The topological polar surface area (TPSA) is 109 Å². The summed E-state index contributed by atoms with van der Waals surface area (Å²) in [5.41, 5.74) is 7.82. The Labute approximate surface area is 225 Å². The molecule has 10 heteroatoms. The predicted molar refractivity (Wildman–Crippen MR) is 148 cm³/mol. The fourth-order valence-corrected chi connectivity index (χ4v) is 4.36. The van der Waals surface area contributed by atoms with Crippen molar-refractivity contribution < 1.29 is 14.0 Å². The number of nitrogens with one attached hydrogen (secondary N) is 1. The molecule has 198 valence electrons. The number of amides is 2. The maximum absolute atomic E-state index is 14.6. The van der Waals surface area contributed by atoms with Crippen LogP contribution >= 0.6 is 0 Å². The van der Waals surface area contributed by atoms with Gasteiger partial charge in [-0.15, -0.1) is 0 Å². The smallest absolute Gasteiger partial charge is 0.256 e. The number of hydrogen-bond acceptors (Lipinski definition) is 6. The van der Waals surface area contributed by atoms with Crippen LogP contribution in [0.4, 0.5) is 16.0 Å². The number of nitrogens with two attached hydrogens (primary N) is 1. The van der Waals surface area contributed by atoms with E-state index in [9.17, 15) is 14.0 Å². The molecule has 39 heavy (non-hydrogen) atoms. The number of fused-ring (bicyclic) bond motifs is 1. The largest absolute Gasteiger partial charge is 0.384 e. The normalized spacial score (nSPS) is 13.7. The van der Waals surface area contributed by atoms with Crippen LogP contribution in [0.15, 0.2) is 54.9 Å². The molecule has 3 N–H and O–H groups in total. The molecule has 0 bridgehead atoms. The van der Waals surface area contributed by atoms with Gasteiger partial charge in [0.15, 0.2) is 5.82 Å². The number of nitrogen functional groups attached to an aromatic ring is 1. The number of halogens is 1. The highest BCUT2D eigenvalue weighted by molar-refractivity contribution is 6.04. The van der Waals surface area contributed by atoms with Crippen molar-refractivity contribution in [3.63, 3.8) is 0 Å². The molecule has 0 saturated carbocycles. The molecule has 4 aromatic rings. The minimum absolute atomic E-state index is 0.00703. The van der Waals surface area contributed by atoms with Crippen LogP contribution in [0.25, 0.3) is 10.8 Å². The number of carbonyl (C=O) groups is 2. The van der Waals surface area contributed by atoms with E-state index in [4.69, 9.17) is 5.73 Å². The third kappa shape index (κ3) is 5.89. The van der Waals surface area contributed by atoms with Crippen molar-refractivity contribution in [2.24, 2.45) is 0 Å². The van der Waals surface area contributed by atoms with Crippen LogP contribution < -0.4 is 11.1 Å². The van der Waals surface area contributed by atoms with Crippen LogP contribution in [0, 0.1) is 24.6 Å². The number of aryl methyl sites for hydroxylation is 1. The van der Waals surface area contributed by atoms with E-state index in [0.29, 0.717) is 35.4 Å². The quantitative estimate of drug-likeness (QED) is 0.397. The van der Waals surface area contributed by atoms with Crippen molar-refractivity contribution >= 4 is 34.2 Å². The summed E-state index contributed by atoms with van der Waals surface area (Å²) in [6, 6.07) is 11.3. The summed E-state index contributed by atoms with van der Waals surface area (Å²) in [7, 11) is 2.03. The first kappa shape index (κ1) is 25.9. The maximum atomic E-state index is 14.6. The molecule has 2 aromatic carbocycles. The highest BCUT2D eigenvalue weighted by atomic mass is 19.1. The first-order valence-electron chi connectivity index (χ1n) is 12.5. The van der Waals surface area contributed by atoms with Crippen LogP contribution in [-0.4, -0.2) is 69.6 Å². The fourth-order valence-electron chi connectivity index (χ4n) is 4.36. The Bertz CT molecular complexity index is 1620. The SMILES string of the molecule is Cc1ccc(C(=O)Nc2ccn(CC(=O)N3CCN(C)CC3)n2)cc1C#Cc1c(F)ccc2cnc(N)cc12. The Morgan fingerprint density at radius 3 is 2.67 bits per heavy atom. The van der Waals surface area contributed by atoms with E-state index in [1.807, 2.05) is 18.9 Å². The van der Waals surface area contributed by atoms with Gasteiger partial charge in [0.25, 0.3) is 5.91 Å². The van der Waals surface area contributed by atoms with Gasteiger partial charge in [-0.25, -0.2) is 9.37 Å². The molecule has 1 aliphatic heterocycles. The Morgan fingerprint density at radius 2 is 1.87 bits per heavy atom. The second-order valence-corrected chi connectivity index (χ2v) is 9.57. The molecule has 0 spiro atoms. The summed E-state index contributed by atoms with van der Waals surface area (Å²) in [5, 5.41) is 8.39. The summed E-state index contributed by atoms with van der Waals surface area (Å²) in [5.74, 6) is 5.69. The second-order valence-electron chi connectivity index (χ2n) is 9.57. The summed E-state index contributed by atoms with van der Waals surface area (Å²) >= 11 is 0. The standard InChI is InChI=1S/C29H28FN7O2/c1-19-3-4-21(15-20(19)5-7-23-24-16-26(31)32-17-22(24)6-8-25(23)30)29(39)33-27-9-10-37(34-27)18-28(38)36-13-11-35(2)12-14-36/h3-4,6,8-10,15-17H,11-14,18H2,1-2H3,(H2,31,32)(H,33,34,39). The molecule has 0 unspecified atom stereocenters. The zero-order chi connectivity index (χ0) is 27.5. The van der Waals surface area contributed by atoms with E-state index in [1.165, 1.54) is 10.7 Å². The molecular formula is C29H28FN7O2. The second kappa shape index (κ2) is 10.9. The van der Waals surface area contributed by atoms with Crippen LogP contribution in [0.2, 0.25) is 0 Å². The van der Waals surface area contributed by atoms with Gasteiger partial charge in [-0.2, -0.15) is 5.10 Å². The van der Waals surface area contributed by atoms with Gasteiger partial charge in [0.1, 0.15) is 18.2 Å². The van der Waals surface area contributed by atoms with Crippen LogP contribution in [-0.2, 0) is 11.3 Å². The molecule has 1 aliphatic rings. The van der Waals surface area contributed by atoms with Crippen molar-refractivity contribution in [3.05, 3.63) is 82.9 Å². The van der Waals surface area contributed by atoms with E-state index in [-0.39, 0.29) is 29.7 Å². The summed E-state index contributed by atoms with van der Waals surface area (Å²) < 4.78 is 16.2. The Hall–Kier alpha value is -4.75. The molecule has 0 atom stereocenters. The average Bonchev–Trinajstić information content (AvgIpc) is 3.35. The molecule has 2 amide bonds. The van der Waals surface area contributed by atoms with Gasteiger partial charge in [0.2, 0.25) is 5.91 Å². The number of carbonyl (C=O) groups excluding carboxylic acids is 2. The van der Waals surface area contributed by atoms with Gasteiger partial charge in [-0.3, -0.25) is 14.3 Å². The van der Waals surface area contributed by atoms with Crippen molar-refractivity contribution in [2.45, 2.75) is 13.5 Å². The Morgan fingerprint density at radius 1 is 1.08 bits per heavy atom. The number of anilines is 2. The number of nitrogens with zero attached hydrogens (tertiary/aromatic N) is 5. The minimum Gasteiger partial charge on any atom is -0.384 e. The van der Waals surface area contributed by atoms with Gasteiger partial charge in [0, 0.05) is 66.5 Å². The van der Waals surface area contributed by atoms with Gasteiger partial charge in [-0.05, 0) is 49.9 Å². The maximum Gasteiger partial charge on any atom is 0.256 e. The van der Waals surface area contributed by atoms with Gasteiger partial charge >= 0.3 is 0 Å². The number of benzene rings is 2. The number of pyridine rings is 1. The van der Waals surface area contributed by atoms with E-state index in [0.717, 1.165) is 24.0 Å². The number of hydrogen-bond donors (Lipinski definition) is 2. The van der Waals surface area contributed by atoms with Gasteiger partial charge < -0.3 is 20.9 Å². The molecule has 0 aliphatic carbocycles. The van der Waals surface area contributed by atoms with Crippen LogP contribution in [0.1, 0.15) is 27.0 Å². The molecule has 1 saturated heterocycles. The van der Waals surface area contributed by atoms with Gasteiger partial charge in [0.05, 0.1) is 5.56 Å². The van der Waals surface area contributed by atoms with E-state index < -0.39 is 5.82 Å². The van der Waals surface area contributed by atoms with E-state index in [1.54, 1.807) is 48.8 Å². The molecule has 9 nitrogen and oxygen atoms in total. The highest BCUT2D eigenvalue weighted by Crippen LogP contribution is 2.22. The molecule has 3 heterocycles. The van der Waals surface area contributed by atoms with Crippen molar-refractivity contribution in [3.8, 4) is 11.8 Å². The monoisotopic (exact) mass is 525 g/mol. The number of likely N-dealkylation sites (N-methyl/N-ethyl adjacent to an activating group) is 1. The number of aromatic nitrogens is 3. The fraction of sp³-hybridized carbons (Fsp3) is 0.241. The van der Waals surface area contributed by atoms with Crippen molar-refractivity contribution in [1.29, 1.82) is 0 Å². The molecule has 1 fully saturated rings. The zero-order valence-corrected chi connectivity index (χ0v) is 21.7. The van der Waals surface area contributed by atoms with E-state index >= 15 is 0 Å². The first-order valence-corrected chi connectivity index (χ1v) is 12.5. The minimum atomic E-state index is -0.464. The van der Waals surface area contributed by atoms with Crippen molar-refractivity contribution in [1.82, 2.24) is 24.6 Å². The lowest BCUT2D eigenvalue weighted by Crippen LogP contribution is -2.48. The molecule has 0 radical (unpaired) electrons. The third-order valence-electron chi connectivity index (χ3n) is 6.73. The molecular weight excluding hydrogens is 497 g/mol. The first-order chi connectivity index (χ1) is 18.8. The lowest BCUT2D eigenvalue weighted by molar-refractivity contribution is -0.133.